The Kier molecular flexibility index (Phi) is 5.59. The fourth-order valence-corrected chi connectivity index (χ4v) is 9.98. The first kappa shape index (κ1) is 29.8. The summed E-state index contributed by atoms with van der Waals surface area (Å²) in [5.74, 6) is 0. The van der Waals surface area contributed by atoms with Crippen molar-refractivity contribution < 1.29 is 0 Å². The summed E-state index contributed by atoms with van der Waals surface area (Å²) in [6.07, 6.45) is 0. The van der Waals surface area contributed by atoms with E-state index >= 15 is 0 Å². The van der Waals surface area contributed by atoms with Crippen LogP contribution in [0.4, 0.5) is 0 Å². The summed E-state index contributed by atoms with van der Waals surface area (Å²) in [6.45, 7) is 19.5. The Bertz CT molecular complexity index is 2740. The van der Waals surface area contributed by atoms with Crippen LogP contribution in [0, 0.1) is 5.41 Å². The molecule has 8 aromatic rings. The van der Waals surface area contributed by atoms with Gasteiger partial charge in [-0.25, -0.2) is 0 Å². The summed E-state index contributed by atoms with van der Waals surface area (Å²) in [6, 6.07) is 45.9. The van der Waals surface area contributed by atoms with Crippen LogP contribution >= 0.6 is 0 Å². The van der Waals surface area contributed by atoms with E-state index in [0.29, 0.717) is 0 Å². The second-order valence-electron chi connectivity index (χ2n) is 17.1. The normalized spacial score (nSPS) is 17.8. The second-order valence-corrected chi connectivity index (χ2v) is 17.1. The summed E-state index contributed by atoms with van der Waals surface area (Å²) < 4.78 is 4.99. The molecule has 246 valence electrons. The zero-order valence-corrected chi connectivity index (χ0v) is 30.4. The molecule has 0 amide bonds. The Labute approximate surface area is 295 Å². The van der Waals surface area contributed by atoms with Crippen molar-refractivity contribution in [2.24, 2.45) is 5.41 Å². The summed E-state index contributed by atoms with van der Waals surface area (Å²) >= 11 is 0. The van der Waals surface area contributed by atoms with Gasteiger partial charge in [-0.1, -0.05) is 116 Å². The summed E-state index contributed by atoms with van der Waals surface area (Å²) in [5, 5.41) is 5.22. The zero-order chi connectivity index (χ0) is 34.5. The molecular formula is C48H44N2. The smallest absolute Gasteiger partial charge is 0.0544 e. The molecule has 2 heteroatoms. The monoisotopic (exact) mass is 648 g/mol. The molecule has 0 unspecified atom stereocenters. The Morgan fingerprint density at radius 3 is 1.68 bits per heavy atom. The van der Waals surface area contributed by atoms with Crippen LogP contribution in [0.5, 0.6) is 0 Å². The lowest BCUT2D eigenvalue weighted by Gasteiger charge is -2.44. The molecule has 2 aliphatic carbocycles. The number of nitrogens with zero attached hydrogens (tertiary/aromatic N) is 2. The van der Waals surface area contributed by atoms with Gasteiger partial charge in [0.2, 0.25) is 0 Å². The first-order valence-electron chi connectivity index (χ1n) is 18.2. The number of aromatic nitrogens is 2. The highest BCUT2D eigenvalue weighted by molar-refractivity contribution is 6.14. The molecule has 0 atom stereocenters. The van der Waals surface area contributed by atoms with Crippen molar-refractivity contribution in [3.63, 3.8) is 0 Å². The fraction of sp³-hybridized carbons (Fsp3) is 0.250. The van der Waals surface area contributed by atoms with E-state index in [2.05, 4.69) is 186 Å². The second kappa shape index (κ2) is 9.37. The lowest BCUT2D eigenvalue weighted by molar-refractivity contribution is 0.125. The molecule has 6 aromatic carbocycles. The zero-order valence-electron chi connectivity index (χ0n) is 30.4. The van der Waals surface area contributed by atoms with Gasteiger partial charge in [-0.05, 0) is 110 Å². The highest BCUT2D eigenvalue weighted by Gasteiger charge is 2.57. The largest absolute Gasteiger partial charge is 0.309 e. The maximum absolute atomic E-state index is 2.58. The molecule has 2 aromatic heterocycles. The van der Waals surface area contributed by atoms with Crippen LogP contribution in [-0.2, 0) is 16.2 Å². The molecule has 0 radical (unpaired) electrons. The van der Waals surface area contributed by atoms with E-state index in [9.17, 15) is 0 Å². The van der Waals surface area contributed by atoms with Gasteiger partial charge in [0.05, 0.1) is 22.1 Å². The van der Waals surface area contributed by atoms with Gasteiger partial charge in [0.1, 0.15) is 0 Å². The van der Waals surface area contributed by atoms with Gasteiger partial charge in [0.15, 0.2) is 0 Å². The van der Waals surface area contributed by atoms with Gasteiger partial charge in [0, 0.05) is 38.3 Å². The predicted octanol–water partition coefficient (Wildman–Crippen LogP) is 12.8. The van der Waals surface area contributed by atoms with Crippen LogP contribution in [0.2, 0.25) is 0 Å². The minimum atomic E-state index is -0.0791. The van der Waals surface area contributed by atoms with E-state index in [4.69, 9.17) is 0 Å². The van der Waals surface area contributed by atoms with Gasteiger partial charge >= 0.3 is 0 Å². The Morgan fingerprint density at radius 1 is 0.360 bits per heavy atom. The number of rotatable bonds is 2. The van der Waals surface area contributed by atoms with E-state index in [-0.39, 0.29) is 21.7 Å². The van der Waals surface area contributed by atoms with Gasteiger partial charge in [-0.15, -0.1) is 0 Å². The van der Waals surface area contributed by atoms with Crippen molar-refractivity contribution in [3.05, 3.63) is 144 Å². The van der Waals surface area contributed by atoms with Gasteiger partial charge in [-0.2, -0.15) is 0 Å². The Balaban J connectivity index is 1.33. The molecule has 0 fully saturated rings. The number of fused-ring (bicyclic) bond motifs is 10. The van der Waals surface area contributed by atoms with Crippen LogP contribution < -0.4 is 0 Å². The Hall–Kier alpha value is -5.08. The van der Waals surface area contributed by atoms with E-state index in [1.54, 1.807) is 0 Å². The van der Waals surface area contributed by atoms with Gasteiger partial charge in [-0.3, -0.25) is 0 Å². The van der Waals surface area contributed by atoms with E-state index in [0.717, 1.165) is 0 Å². The SMILES string of the molecule is CC1(C)c2ccccc2-c2cc3c4cc5c(cc4n(-c4ccc6c(c4)c4ccccc4n6-c4ccccc4)c3cc21)C(C)(C)C(C)(C)C5(C)C. The van der Waals surface area contributed by atoms with Crippen LogP contribution in [0.15, 0.2) is 121 Å². The molecule has 0 N–H and O–H groups in total. The summed E-state index contributed by atoms with van der Waals surface area (Å²) in [5.41, 5.74) is 16.0. The van der Waals surface area contributed by atoms with E-state index < -0.39 is 0 Å². The number of para-hydroxylation sites is 2. The molecule has 0 aliphatic heterocycles. The lowest BCUT2D eigenvalue weighted by atomic mass is 9.59. The molecule has 0 bridgehead atoms. The first-order valence-corrected chi connectivity index (χ1v) is 18.2. The van der Waals surface area contributed by atoms with E-state index in [1.807, 2.05) is 0 Å². The minimum absolute atomic E-state index is 0.0110. The van der Waals surface area contributed by atoms with E-state index in [1.165, 1.54) is 88.4 Å². The fourth-order valence-electron chi connectivity index (χ4n) is 9.98. The quantitative estimate of drug-likeness (QED) is 0.177. The minimum Gasteiger partial charge on any atom is -0.309 e. The topological polar surface area (TPSA) is 9.86 Å². The van der Waals surface area contributed by atoms with Crippen molar-refractivity contribution in [1.82, 2.24) is 9.13 Å². The average Bonchev–Trinajstić information content (AvgIpc) is 3.72. The molecule has 0 spiro atoms. The Morgan fingerprint density at radius 2 is 0.920 bits per heavy atom. The molecule has 2 aliphatic rings. The van der Waals surface area contributed by atoms with Crippen molar-refractivity contribution in [3.8, 4) is 22.5 Å². The van der Waals surface area contributed by atoms with Crippen LogP contribution in [0.1, 0.15) is 77.6 Å². The van der Waals surface area contributed by atoms with Crippen LogP contribution in [-0.4, -0.2) is 9.13 Å². The maximum atomic E-state index is 2.58. The molecule has 50 heavy (non-hydrogen) atoms. The summed E-state index contributed by atoms with van der Waals surface area (Å²) in [7, 11) is 0. The summed E-state index contributed by atoms with van der Waals surface area (Å²) in [4.78, 5) is 0. The third-order valence-electron chi connectivity index (χ3n) is 14.0. The van der Waals surface area contributed by atoms with Crippen molar-refractivity contribution in [1.29, 1.82) is 0 Å². The highest BCUT2D eigenvalue weighted by Crippen LogP contribution is 2.62. The van der Waals surface area contributed by atoms with Crippen molar-refractivity contribution >= 4 is 43.6 Å². The van der Waals surface area contributed by atoms with Gasteiger partial charge in [0.25, 0.3) is 0 Å². The molecule has 10 rings (SSSR count). The van der Waals surface area contributed by atoms with Crippen LogP contribution in [0.3, 0.4) is 0 Å². The molecule has 0 saturated heterocycles. The lowest BCUT2D eigenvalue weighted by Crippen LogP contribution is -2.42. The van der Waals surface area contributed by atoms with Crippen LogP contribution in [0.25, 0.3) is 66.1 Å². The van der Waals surface area contributed by atoms with Crippen molar-refractivity contribution in [2.75, 3.05) is 0 Å². The molecule has 2 heterocycles. The molecular weight excluding hydrogens is 605 g/mol. The predicted molar refractivity (Wildman–Crippen MR) is 213 cm³/mol. The standard InChI is InChI=1S/C48H44N2/c1-45(2)37-20-14-12-18-31(37)33-25-35-36-26-39-40(47(5,6)48(7,8)46(39,3)4)28-44(36)50(43(35)27-38(33)45)30-22-23-42-34(24-30)32-19-13-15-21-41(32)49(42)29-16-10-9-11-17-29/h9-28H,1-8H3. The molecule has 0 saturated carbocycles. The average molecular weight is 649 g/mol. The van der Waals surface area contributed by atoms with Crippen molar-refractivity contribution in [2.45, 2.75) is 71.6 Å². The third kappa shape index (κ3) is 3.45. The van der Waals surface area contributed by atoms with Gasteiger partial charge < -0.3 is 9.13 Å². The number of hydrogen-bond donors (Lipinski definition) is 0. The highest BCUT2D eigenvalue weighted by atomic mass is 15.0. The molecule has 2 nitrogen and oxygen atoms in total. The third-order valence-corrected chi connectivity index (χ3v) is 14.0. The first-order chi connectivity index (χ1) is 23.8. The number of hydrogen-bond acceptors (Lipinski definition) is 0. The number of benzene rings is 6. The maximum Gasteiger partial charge on any atom is 0.0544 e.